The fourth-order valence-electron chi connectivity index (χ4n) is 2.43. The predicted octanol–water partition coefficient (Wildman–Crippen LogP) is 1.19. The molecular formula is C12H20N4. The molecular weight excluding hydrogens is 200 g/mol. The maximum absolute atomic E-state index is 5.98. The van der Waals surface area contributed by atoms with E-state index in [0.29, 0.717) is 6.04 Å². The average molecular weight is 220 g/mol. The van der Waals surface area contributed by atoms with Gasteiger partial charge in [-0.1, -0.05) is 0 Å². The van der Waals surface area contributed by atoms with Gasteiger partial charge in [0.2, 0.25) is 0 Å². The van der Waals surface area contributed by atoms with Crippen molar-refractivity contribution in [2.24, 2.45) is 0 Å². The molecule has 1 fully saturated rings. The number of nitrogens with zero attached hydrogens (tertiary/aromatic N) is 3. The topological polar surface area (TPSA) is 45.4 Å². The van der Waals surface area contributed by atoms with E-state index in [1.165, 1.54) is 12.8 Å². The minimum Gasteiger partial charge on any atom is -0.396 e. The zero-order chi connectivity index (χ0) is 11.5. The maximum atomic E-state index is 5.98. The third-order valence-corrected chi connectivity index (χ3v) is 3.09. The van der Waals surface area contributed by atoms with Gasteiger partial charge < -0.3 is 15.5 Å². The molecule has 0 saturated carbocycles. The molecule has 4 nitrogen and oxygen atoms in total. The average Bonchev–Trinajstić information content (AvgIpc) is 2.66. The Labute approximate surface area is 97.1 Å². The Morgan fingerprint density at radius 1 is 1.56 bits per heavy atom. The van der Waals surface area contributed by atoms with Gasteiger partial charge in [0.15, 0.2) is 0 Å². The van der Waals surface area contributed by atoms with E-state index in [1.807, 2.05) is 12.3 Å². The molecule has 0 spiro atoms. The molecule has 0 aliphatic carbocycles. The second-order valence-corrected chi connectivity index (χ2v) is 4.69. The summed E-state index contributed by atoms with van der Waals surface area (Å²) in [5, 5.41) is 0. The molecule has 2 N–H and O–H groups in total. The summed E-state index contributed by atoms with van der Waals surface area (Å²) in [6.07, 6.45) is 6.05. The van der Waals surface area contributed by atoms with Gasteiger partial charge in [0.25, 0.3) is 0 Å². The second kappa shape index (κ2) is 4.70. The highest BCUT2D eigenvalue weighted by Crippen LogP contribution is 2.29. The molecule has 0 radical (unpaired) electrons. The Morgan fingerprint density at radius 2 is 2.38 bits per heavy atom. The van der Waals surface area contributed by atoms with Crippen LogP contribution >= 0.6 is 0 Å². The highest BCUT2D eigenvalue weighted by molar-refractivity contribution is 5.66. The van der Waals surface area contributed by atoms with E-state index >= 15 is 0 Å². The molecule has 2 rings (SSSR count). The van der Waals surface area contributed by atoms with Crippen molar-refractivity contribution in [3.63, 3.8) is 0 Å². The number of hydrogen-bond acceptors (Lipinski definition) is 4. The SMILES string of the molecule is CN(C)CC1CCCN1c1ccncc1N. The molecule has 1 atom stereocenters. The summed E-state index contributed by atoms with van der Waals surface area (Å²) in [6, 6.07) is 2.60. The Morgan fingerprint density at radius 3 is 3.06 bits per heavy atom. The molecule has 4 heteroatoms. The number of likely N-dealkylation sites (N-methyl/N-ethyl adjacent to an activating group) is 1. The van der Waals surface area contributed by atoms with Crippen LogP contribution in [0.5, 0.6) is 0 Å². The number of hydrogen-bond donors (Lipinski definition) is 1. The van der Waals surface area contributed by atoms with Crippen molar-refractivity contribution in [3.05, 3.63) is 18.5 Å². The Bertz CT molecular complexity index is 351. The first-order valence-electron chi connectivity index (χ1n) is 5.79. The molecule has 1 aromatic heterocycles. The van der Waals surface area contributed by atoms with Gasteiger partial charge in [0.1, 0.15) is 0 Å². The number of pyridine rings is 1. The van der Waals surface area contributed by atoms with Crippen LogP contribution in [0, 0.1) is 0 Å². The Kier molecular flexibility index (Phi) is 3.29. The van der Waals surface area contributed by atoms with Crippen LogP contribution in [-0.4, -0.2) is 43.1 Å². The lowest BCUT2D eigenvalue weighted by Crippen LogP contribution is -2.37. The standard InChI is InChI=1S/C12H20N4/c1-15(2)9-10-4-3-7-16(10)12-5-6-14-8-11(12)13/h5-6,8,10H,3-4,7,9,13H2,1-2H3. The van der Waals surface area contributed by atoms with E-state index in [4.69, 9.17) is 5.73 Å². The number of rotatable bonds is 3. The van der Waals surface area contributed by atoms with Crippen molar-refractivity contribution >= 4 is 11.4 Å². The fraction of sp³-hybridized carbons (Fsp3) is 0.583. The zero-order valence-corrected chi connectivity index (χ0v) is 10.1. The van der Waals surface area contributed by atoms with E-state index in [0.717, 1.165) is 24.5 Å². The van der Waals surface area contributed by atoms with Crippen molar-refractivity contribution in [1.82, 2.24) is 9.88 Å². The summed E-state index contributed by atoms with van der Waals surface area (Å²) in [5.41, 5.74) is 7.90. The smallest absolute Gasteiger partial charge is 0.0738 e. The highest BCUT2D eigenvalue weighted by atomic mass is 15.2. The maximum Gasteiger partial charge on any atom is 0.0738 e. The molecule has 1 aliphatic heterocycles. The van der Waals surface area contributed by atoms with Crippen molar-refractivity contribution < 1.29 is 0 Å². The first-order chi connectivity index (χ1) is 7.68. The number of nitrogen functional groups attached to an aromatic ring is 1. The van der Waals surface area contributed by atoms with Crippen LogP contribution < -0.4 is 10.6 Å². The van der Waals surface area contributed by atoms with Crippen LogP contribution in [0.3, 0.4) is 0 Å². The van der Waals surface area contributed by atoms with E-state index in [9.17, 15) is 0 Å². The van der Waals surface area contributed by atoms with Gasteiger partial charge in [-0.2, -0.15) is 0 Å². The minimum atomic E-state index is 0.583. The van der Waals surface area contributed by atoms with Gasteiger partial charge in [-0.3, -0.25) is 4.98 Å². The normalized spacial score (nSPS) is 20.7. The van der Waals surface area contributed by atoms with Crippen LogP contribution in [-0.2, 0) is 0 Å². The monoisotopic (exact) mass is 220 g/mol. The van der Waals surface area contributed by atoms with Crippen molar-refractivity contribution in [3.8, 4) is 0 Å². The number of anilines is 2. The van der Waals surface area contributed by atoms with Gasteiger partial charge in [-0.15, -0.1) is 0 Å². The first kappa shape index (κ1) is 11.2. The molecule has 16 heavy (non-hydrogen) atoms. The van der Waals surface area contributed by atoms with Crippen LogP contribution in [0.2, 0.25) is 0 Å². The summed E-state index contributed by atoms with van der Waals surface area (Å²) in [5.74, 6) is 0. The van der Waals surface area contributed by atoms with E-state index in [2.05, 4.69) is 28.9 Å². The molecule has 0 aromatic carbocycles. The molecule has 2 heterocycles. The quantitative estimate of drug-likeness (QED) is 0.831. The summed E-state index contributed by atoms with van der Waals surface area (Å²) < 4.78 is 0. The van der Waals surface area contributed by atoms with Gasteiger partial charge in [0, 0.05) is 25.3 Å². The molecule has 1 aromatic rings. The lowest BCUT2D eigenvalue weighted by molar-refractivity contribution is 0.372. The van der Waals surface area contributed by atoms with Crippen LogP contribution in [0.15, 0.2) is 18.5 Å². The van der Waals surface area contributed by atoms with Gasteiger partial charge in [0.05, 0.1) is 17.6 Å². The summed E-state index contributed by atoms with van der Waals surface area (Å²) >= 11 is 0. The summed E-state index contributed by atoms with van der Waals surface area (Å²) in [7, 11) is 4.23. The third kappa shape index (κ3) is 2.27. The second-order valence-electron chi connectivity index (χ2n) is 4.69. The lowest BCUT2D eigenvalue weighted by Gasteiger charge is -2.29. The molecule has 1 unspecified atom stereocenters. The highest BCUT2D eigenvalue weighted by Gasteiger charge is 2.26. The van der Waals surface area contributed by atoms with Crippen LogP contribution in [0.25, 0.3) is 0 Å². The first-order valence-corrected chi connectivity index (χ1v) is 5.79. The fourth-order valence-corrected chi connectivity index (χ4v) is 2.43. The molecule has 88 valence electrons. The number of nitrogens with two attached hydrogens (primary N) is 1. The Balaban J connectivity index is 2.17. The van der Waals surface area contributed by atoms with Gasteiger partial charge in [-0.25, -0.2) is 0 Å². The molecule has 1 saturated heterocycles. The molecule has 0 amide bonds. The summed E-state index contributed by atoms with van der Waals surface area (Å²) in [4.78, 5) is 8.69. The van der Waals surface area contributed by atoms with Crippen LogP contribution in [0.1, 0.15) is 12.8 Å². The molecule has 1 aliphatic rings. The number of aromatic nitrogens is 1. The minimum absolute atomic E-state index is 0.583. The van der Waals surface area contributed by atoms with Crippen molar-refractivity contribution in [2.45, 2.75) is 18.9 Å². The Hall–Kier alpha value is -1.29. The lowest BCUT2D eigenvalue weighted by atomic mass is 10.2. The van der Waals surface area contributed by atoms with Crippen LogP contribution in [0.4, 0.5) is 11.4 Å². The van der Waals surface area contributed by atoms with Crippen molar-refractivity contribution in [2.75, 3.05) is 37.8 Å². The van der Waals surface area contributed by atoms with E-state index in [1.54, 1.807) is 6.20 Å². The third-order valence-electron chi connectivity index (χ3n) is 3.09. The summed E-state index contributed by atoms with van der Waals surface area (Å²) in [6.45, 7) is 2.19. The zero-order valence-electron chi connectivity index (χ0n) is 10.1. The van der Waals surface area contributed by atoms with Crippen molar-refractivity contribution in [1.29, 1.82) is 0 Å². The van der Waals surface area contributed by atoms with Gasteiger partial charge >= 0.3 is 0 Å². The molecule has 0 bridgehead atoms. The predicted molar refractivity (Wildman–Crippen MR) is 67.6 cm³/mol. The largest absolute Gasteiger partial charge is 0.396 e. The van der Waals surface area contributed by atoms with E-state index in [-0.39, 0.29) is 0 Å². The van der Waals surface area contributed by atoms with Gasteiger partial charge in [-0.05, 0) is 33.0 Å². The van der Waals surface area contributed by atoms with E-state index < -0.39 is 0 Å².